The summed E-state index contributed by atoms with van der Waals surface area (Å²) in [5.41, 5.74) is 0.710. The Bertz CT molecular complexity index is 587. The van der Waals surface area contributed by atoms with Crippen LogP contribution < -0.4 is 10.1 Å². The van der Waals surface area contributed by atoms with E-state index in [1.165, 1.54) is 6.07 Å². The number of thiophene rings is 1. The molecule has 0 aliphatic heterocycles. The van der Waals surface area contributed by atoms with Crippen molar-refractivity contribution >= 4 is 27.3 Å². The van der Waals surface area contributed by atoms with Gasteiger partial charge in [0.05, 0.1) is 12.0 Å². The molecule has 0 fully saturated rings. The number of hydrogen-bond donors (Lipinski definition) is 1. The smallest absolute Gasteiger partial charge is 0.134 e. The number of rotatable bonds is 7. The summed E-state index contributed by atoms with van der Waals surface area (Å²) in [6, 6.07) is 7.24. The van der Waals surface area contributed by atoms with Crippen LogP contribution in [-0.4, -0.2) is 13.7 Å². The van der Waals surface area contributed by atoms with E-state index < -0.39 is 0 Å². The predicted molar refractivity (Wildman–Crippen MR) is 89.7 cm³/mol. The molecule has 2 aromatic rings. The van der Waals surface area contributed by atoms with Gasteiger partial charge in [0, 0.05) is 10.5 Å². The molecule has 0 spiro atoms. The summed E-state index contributed by atoms with van der Waals surface area (Å²) in [5, 5.41) is 5.50. The van der Waals surface area contributed by atoms with Gasteiger partial charge in [0.2, 0.25) is 0 Å². The molecule has 0 aliphatic carbocycles. The van der Waals surface area contributed by atoms with Crippen LogP contribution in [0.15, 0.2) is 34.1 Å². The number of ether oxygens (including phenoxy) is 1. The van der Waals surface area contributed by atoms with E-state index in [1.807, 2.05) is 23.6 Å². The van der Waals surface area contributed by atoms with Gasteiger partial charge in [-0.1, -0.05) is 28.9 Å². The van der Waals surface area contributed by atoms with Crippen molar-refractivity contribution in [2.45, 2.75) is 25.8 Å². The molecule has 0 aliphatic rings. The fourth-order valence-electron chi connectivity index (χ4n) is 2.22. The van der Waals surface area contributed by atoms with E-state index in [9.17, 15) is 4.39 Å². The molecule has 1 atom stereocenters. The SMILES string of the molecule is CCCNC(Cc1ccc(Br)cc1F)c1sccc1OC. The zero-order valence-corrected chi connectivity index (χ0v) is 14.6. The average Bonchev–Trinajstić information content (AvgIpc) is 2.94. The van der Waals surface area contributed by atoms with Crippen molar-refractivity contribution in [3.8, 4) is 5.75 Å². The number of nitrogens with one attached hydrogen (secondary N) is 1. The Morgan fingerprint density at radius 3 is 2.86 bits per heavy atom. The van der Waals surface area contributed by atoms with E-state index in [2.05, 4.69) is 28.2 Å². The van der Waals surface area contributed by atoms with Gasteiger partial charge in [-0.15, -0.1) is 11.3 Å². The molecule has 2 rings (SSSR count). The second-order valence-corrected chi connectivity index (χ2v) is 6.66. The molecule has 1 heterocycles. The summed E-state index contributed by atoms with van der Waals surface area (Å²) in [7, 11) is 1.67. The van der Waals surface area contributed by atoms with Gasteiger partial charge in [0.1, 0.15) is 11.6 Å². The highest BCUT2D eigenvalue weighted by molar-refractivity contribution is 9.10. The summed E-state index contributed by atoms with van der Waals surface area (Å²) in [4.78, 5) is 1.12. The maximum Gasteiger partial charge on any atom is 0.134 e. The van der Waals surface area contributed by atoms with Crippen molar-refractivity contribution in [1.82, 2.24) is 5.32 Å². The molecular weight excluding hydrogens is 353 g/mol. The molecule has 1 unspecified atom stereocenters. The highest BCUT2D eigenvalue weighted by atomic mass is 79.9. The Morgan fingerprint density at radius 1 is 1.38 bits per heavy atom. The van der Waals surface area contributed by atoms with Crippen molar-refractivity contribution in [3.05, 3.63) is 50.4 Å². The first-order chi connectivity index (χ1) is 10.2. The van der Waals surface area contributed by atoms with E-state index in [1.54, 1.807) is 18.4 Å². The van der Waals surface area contributed by atoms with Crippen LogP contribution in [-0.2, 0) is 6.42 Å². The molecule has 0 saturated carbocycles. The molecule has 0 amide bonds. The molecule has 114 valence electrons. The number of methoxy groups -OCH3 is 1. The van der Waals surface area contributed by atoms with Crippen LogP contribution in [0.3, 0.4) is 0 Å². The lowest BCUT2D eigenvalue weighted by Crippen LogP contribution is -2.24. The van der Waals surface area contributed by atoms with Crippen LogP contribution in [0.1, 0.15) is 29.8 Å². The van der Waals surface area contributed by atoms with E-state index in [0.29, 0.717) is 12.0 Å². The van der Waals surface area contributed by atoms with E-state index in [0.717, 1.165) is 28.1 Å². The minimum Gasteiger partial charge on any atom is -0.496 e. The van der Waals surface area contributed by atoms with Crippen LogP contribution in [0.25, 0.3) is 0 Å². The Labute approximate surface area is 137 Å². The zero-order chi connectivity index (χ0) is 15.2. The first kappa shape index (κ1) is 16.5. The minimum atomic E-state index is -0.178. The third-order valence-corrected chi connectivity index (χ3v) is 4.78. The van der Waals surface area contributed by atoms with E-state index in [-0.39, 0.29) is 11.9 Å². The fourth-order valence-corrected chi connectivity index (χ4v) is 3.48. The number of hydrogen-bond acceptors (Lipinski definition) is 3. The van der Waals surface area contributed by atoms with Crippen LogP contribution in [0.2, 0.25) is 0 Å². The third-order valence-electron chi connectivity index (χ3n) is 3.27. The summed E-state index contributed by atoms with van der Waals surface area (Å²) in [5.74, 6) is 0.689. The second-order valence-electron chi connectivity index (χ2n) is 4.80. The van der Waals surface area contributed by atoms with Gasteiger partial charge < -0.3 is 10.1 Å². The topological polar surface area (TPSA) is 21.3 Å². The highest BCUT2D eigenvalue weighted by Crippen LogP contribution is 2.33. The van der Waals surface area contributed by atoms with Gasteiger partial charge in [0.25, 0.3) is 0 Å². The normalized spacial score (nSPS) is 12.4. The standard InChI is InChI=1S/C16H19BrFNOS/c1-3-7-19-14(16-15(20-2)6-8-21-16)9-11-4-5-12(17)10-13(11)18/h4-6,8,10,14,19H,3,7,9H2,1-2H3. The fraction of sp³-hybridized carbons (Fsp3) is 0.375. The zero-order valence-electron chi connectivity index (χ0n) is 12.2. The van der Waals surface area contributed by atoms with Gasteiger partial charge in [-0.2, -0.15) is 0 Å². The molecule has 1 aromatic heterocycles. The van der Waals surface area contributed by atoms with E-state index >= 15 is 0 Å². The van der Waals surface area contributed by atoms with Crippen LogP contribution in [0.4, 0.5) is 4.39 Å². The molecule has 0 radical (unpaired) electrons. The lowest BCUT2D eigenvalue weighted by atomic mass is 10.0. The monoisotopic (exact) mass is 371 g/mol. The molecular formula is C16H19BrFNOS. The first-order valence-corrected chi connectivity index (χ1v) is 8.61. The first-order valence-electron chi connectivity index (χ1n) is 6.94. The maximum atomic E-state index is 14.1. The highest BCUT2D eigenvalue weighted by Gasteiger charge is 2.19. The van der Waals surface area contributed by atoms with Gasteiger partial charge in [-0.3, -0.25) is 0 Å². The Morgan fingerprint density at radius 2 is 2.19 bits per heavy atom. The molecule has 0 saturated heterocycles. The molecule has 1 N–H and O–H groups in total. The average molecular weight is 372 g/mol. The number of halogens is 2. The van der Waals surface area contributed by atoms with Crippen molar-refractivity contribution in [1.29, 1.82) is 0 Å². The predicted octanol–water partition coefficient (Wildman–Crippen LogP) is 4.94. The third kappa shape index (κ3) is 4.28. The van der Waals surface area contributed by atoms with Crippen molar-refractivity contribution < 1.29 is 9.13 Å². The Kier molecular flexibility index (Phi) is 6.21. The quantitative estimate of drug-likeness (QED) is 0.743. The lowest BCUT2D eigenvalue weighted by molar-refractivity contribution is 0.402. The van der Waals surface area contributed by atoms with Crippen LogP contribution in [0.5, 0.6) is 5.75 Å². The van der Waals surface area contributed by atoms with Crippen molar-refractivity contribution in [3.63, 3.8) is 0 Å². The Hall–Kier alpha value is -0.910. The van der Waals surface area contributed by atoms with Crippen LogP contribution >= 0.6 is 27.3 Å². The summed E-state index contributed by atoms with van der Waals surface area (Å²) >= 11 is 4.93. The minimum absolute atomic E-state index is 0.0653. The van der Waals surface area contributed by atoms with E-state index in [4.69, 9.17) is 4.74 Å². The molecule has 5 heteroatoms. The molecule has 21 heavy (non-hydrogen) atoms. The van der Waals surface area contributed by atoms with Gasteiger partial charge in [-0.25, -0.2) is 4.39 Å². The van der Waals surface area contributed by atoms with Gasteiger partial charge in [0.15, 0.2) is 0 Å². The summed E-state index contributed by atoms with van der Waals surface area (Å²) < 4.78 is 20.2. The van der Waals surface area contributed by atoms with Crippen molar-refractivity contribution in [2.24, 2.45) is 0 Å². The van der Waals surface area contributed by atoms with Crippen molar-refractivity contribution in [2.75, 3.05) is 13.7 Å². The molecule has 2 nitrogen and oxygen atoms in total. The van der Waals surface area contributed by atoms with Gasteiger partial charge in [-0.05, 0) is 48.5 Å². The number of benzene rings is 1. The Balaban J connectivity index is 2.24. The van der Waals surface area contributed by atoms with Crippen LogP contribution in [0, 0.1) is 5.82 Å². The summed E-state index contributed by atoms with van der Waals surface area (Å²) in [6.45, 7) is 3.01. The lowest BCUT2D eigenvalue weighted by Gasteiger charge is -2.19. The maximum absolute atomic E-state index is 14.1. The molecule has 0 bridgehead atoms. The van der Waals surface area contributed by atoms with Gasteiger partial charge >= 0.3 is 0 Å². The largest absolute Gasteiger partial charge is 0.496 e. The molecule has 1 aromatic carbocycles. The summed E-state index contributed by atoms with van der Waals surface area (Å²) in [6.07, 6.45) is 1.64. The second kappa shape index (κ2) is 7.92.